The summed E-state index contributed by atoms with van der Waals surface area (Å²) >= 11 is 0. The van der Waals surface area contributed by atoms with Gasteiger partial charge in [-0.2, -0.15) is 0 Å². The number of carbonyl (C=O) groups is 4. The normalized spacial score (nSPS) is 18.1. The molecule has 3 aromatic rings. The zero-order valence-corrected chi connectivity index (χ0v) is 26.6. The Morgan fingerprint density at radius 2 is 1.69 bits per heavy atom. The van der Waals surface area contributed by atoms with Crippen LogP contribution < -0.4 is 21.1 Å². The number of primary amides is 1. The first-order chi connectivity index (χ1) is 22.8. The number of likely N-dealkylation sites (tertiary alicyclic amines) is 1. The molecule has 2 fully saturated rings. The number of hydrogen-bond donors (Lipinski definition) is 4. The molecule has 3 aromatic carbocycles. The maximum atomic E-state index is 15.1. The second kappa shape index (κ2) is 13.5. The van der Waals surface area contributed by atoms with E-state index in [1.807, 2.05) is 0 Å². The van der Waals surface area contributed by atoms with Crippen molar-refractivity contribution in [2.75, 3.05) is 31.4 Å². The van der Waals surface area contributed by atoms with Gasteiger partial charge < -0.3 is 30.5 Å². The Labute approximate surface area is 273 Å². The lowest BCUT2D eigenvalue weighted by Gasteiger charge is -2.33. The Hall–Kier alpha value is -5.25. The van der Waals surface area contributed by atoms with E-state index >= 15 is 4.39 Å². The minimum atomic E-state index is -3.98. The molecule has 3 atom stereocenters. The van der Waals surface area contributed by atoms with Crippen molar-refractivity contribution in [1.82, 2.24) is 4.90 Å². The van der Waals surface area contributed by atoms with E-state index in [1.54, 1.807) is 0 Å². The third-order valence-electron chi connectivity index (χ3n) is 8.33. The molecular formula is C32H32F2N4O9S. The molecule has 1 saturated heterocycles. The average molecular weight is 687 g/mol. The van der Waals surface area contributed by atoms with Crippen molar-refractivity contribution >= 4 is 45.1 Å². The highest BCUT2D eigenvalue weighted by molar-refractivity contribution is 7.92. The van der Waals surface area contributed by atoms with Gasteiger partial charge in [-0.25, -0.2) is 22.0 Å². The summed E-state index contributed by atoms with van der Waals surface area (Å²) in [5, 5.41) is 14.8. The zero-order chi connectivity index (χ0) is 34.9. The first kappa shape index (κ1) is 34.1. The quantitative estimate of drug-likeness (QED) is 0.229. The van der Waals surface area contributed by atoms with Gasteiger partial charge in [-0.05, 0) is 78.9 Å². The van der Waals surface area contributed by atoms with E-state index in [0.29, 0.717) is 12.8 Å². The van der Waals surface area contributed by atoms with Gasteiger partial charge in [0.1, 0.15) is 11.9 Å². The second-order valence-corrected chi connectivity index (χ2v) is 13.6. The van der Waals surface area contributed by atoms with Crippen molar-refractivity contribution in [3.63, 3.8) is 0 Å². The predicted octanol–water partition coefficient (Wildman–Crippen LogP) is 4.01. The van der Waals surface area contributed by atoms with Crippen LogP contribution in [-0.4, -0.2) is 68.3 Å². The Bertz CT molecular complexity index is 1900. The molecule has 1 heterocycles. The van der Waals surface area contributed by atoms with Crippen molar-refractivity contribution in [2.45, 2.75) is 41.5 Å². The van der Waals surface area contributed by atoms with E-state index in [0.717, 1.165) is 36.3 Å². The number of nitrogens with zero attached hydrogens (tertiary/aromatic N) is 1. The Balaban J connectivity index is 1.67. The van der Waals surface area contributed by atoms with Gasteiger partial charge in [0, 0.05) is 17.8 Å². The first-order valence-corrected chi connectivity index (χ1v) is 16.3. The van der Waals surface area contributed by atoms with E-state index in [2.05, 4.69) is 15.4 Å². The fourth-order valence-corrected chi connectivity index (χ4v) is 7.66. The van der Waals surface area contributed by atoms with Gasteiger partial charge in [0.2, 0.25) is 11.8 Å². The number of aliphatic carboxylic acids is 1. The number of hydrogen-bond acceptors (Lipinski definition) is 9. The average Bonchev–Trinajstić information content (AvgIpc) is 3.83. The summed E-state index contributed by atoms with van der Waals surface area (Å²) in [6.45, 7) is -0.168. The summed E-state index contributed by atoms with van der Waals surface area (Å²) in [4.78, 5) is 52.1. The highest BCUT2D eigenvalue weighted by Gasteiger charge is 2.48. The number of benzene rings is 3. The van der Waals surface area contributed by atoms with Crippen LogP contribution in [0.15, 0.2) is 59.5 Å². The van der Waals surface area contributed by atoms with Crippen LogP contribution >= 0.6 is 0 Å². The lowest BCUT2D eigenvalue weighted by Crippen LogP contribution is -2.40. The number of ether oxygens (including phenoxy) is 2. The van der Waals surface area contributed by atoms with Gasteiger partial charge in [0.05, 0.1) is 42.0 Å². The molecule has 0 radical (unpaired) electrons. The molecule has 0 spiro atoms. The van der Waals surface area contributed by atoms with Crippen LogP contribution in [0.25, 0.3) is 0 Å². The molecule has 3 unspecified atom stereocenters. The number of amides is 3. The Morgan fingerprint density at radius 1 is 0.979 bits per heavy atom. The van der Waals surface area contributed by atoms with Gasteiger partial charge in [0.15, 0.2) is 21.4 Å². The van der Waals surface area contributed by atoms with Crippen LogP contribution in [0.4, 0.5) is 25.0 Å². The molecule has 1 saturated carbocycles. The van der Waals surface area contributed by atoms with Gasteiger partial charge in [-0.3, -0.25) is 19.7 Å². The number of nitrogens with one attached hydrogen (secondary N) is 2. The number of carboxylic acids is 1. The van der Waals surface area contributed by atoms with Crippen molar-refractivity contribution in [3.8, 4) is 5.75 Å². The van der Waals surface area contributed by atoms with Crippen molar-refractivity contribution < 1.29 is 51.0 Å². The Kier molecular flexibility index (Phi) is 9.57. The Morgan fingerprint density at radius 3 is 2.31 bits per heavy atom. The number of carbonyl (C=O) groups excluding carboxylic acids is 3. The molecule has 5 N–H and O–H groups in total. The van der Waals surface area contributed by atoms with Crippen LogP contribution in [0.3, 0.4) is 0 Å². The molecule has 5 rings (SSSR count). The number of nitrogens with two attached hydrogens (primary N) is 1. The van der Waals surface area contributed by atoms with Crippen molar-refractivity contribution in [2.24, 2.45) is 11.7 Å². The maximum Gasteiger partial charge on any atom is 0.411 e. The summed E-state index contributed by atoms with van der Waals surface area (Å²) in [6, 6.07) is 7.61. The smallest absolute Gasteiger partial charge is 0.411 e. The van der Waals surface area contributed by atoms with Gasteiger partial charge in [-0.15, -0.1) is 0 Å². The third-order valence-corrected chi connectivity index (χ3v) is 10.7. The number of rotatable bonds is 11. The second-order valence-electron chi connectivity index (χ2n) is 11.4. The standard InChI is InChI=1S/C32H32F2N4O9S/c1-46-25-14-16(3-9-23(25)34)27(37-24-13-17(29(35)39)4-8-22(24)33)30(40)38-12-11-20(31(41)42)28(38)21-15-18(36-32(43)47-2)5-10-26(21)48(44,45)19-6-7-19/h3-5,8-10,13-15,19-20,27-28,37H,6-7,11-12H2,1-2H3,(H2,35,39)(H,36,43)(H,41,42). The predicted molar refractivity (Wildman–Crippen MR) is 167 cm³/mol. The summed E-state index contributed by atoms with van der Waals surface area (Å²) in [5.41, 5.74) is 5.08. The molecule has 3 amide bonds. The highest BCUT2D eigenvalue weighted by atomic mass is 32.2. The van der Waals surface area contributed by atoms with Gasteiger partial charge in [0.25, 0.3) is 0 Å². The van der Waals surface area contributed by atoms with E-state index in [4.69, 9.17) is 10.5 Å². The molecule has 0 bridgehead atoms. The molecule has 1 aliphatic carbocycles. The van der Waals surface area contributed by atoms with Gasteiger partial charge in [-0.1, -0.05) is 6.07 Å². The first-order valence-electron chi connectivity index (χ1n) is 14.7. The molecule has 16 heteroatoms. The number of halogens is 2. The van der Waals surface area contributed by atoms with Gasteiger partial charge >= 0.3 is 12.1 Å². The molecule has 1 aliphatic heterocycles. The fourth-order valence-electron chi connectivity index (χ4n) is 5.78. The van der Waals surface area contributed by atoms with E-state index in [9.17, 15) is 37.1 Å². The summed E-state index contributed by atoms with van der Waals surface area (Å²) in [5.74, 6) is -6.20. The molecule has 2 aliphatic rings. The minimum absolute atomic E-state index is 0.0496. The van der Waals surface area contributed by atoms with E-state index < -0.39 is 68.6 Å². The van der Waals surface area contributed by atoms with E-state index in [1.165, 1.54) is 37.4 Å². The monoisotopic (exact) mass is 686 g/mol. The number of anilines is 2. The largest absolute Gasteiger partial charge is 0.494 e. The number of methoxy groups -OCH3 is 2. The zero-order valence-electron chi connectivity index (χ0n) is 25.7. The lowest BCUT2D eigenvalue weighted by atomic mass is 9.92. The van der Waals surface area contributed by atoms with Crippen molar-refractivity contribution in [3.05, 3.63) is 82.9 Å². The van der Waals surface area contributed by atoms with Crippen LogP contribution in [0.1, 0.15) is 52.8 Å². The summed E-state index contributed by atoms with van der Waals surface area (Å²) < 4.78 is 66.6. The van der Waals surface area contributed by atoms with Crippen LogP contribution in [-0.2, 0) is 24.2 Å². The third kappa shape index (κ3) is 6.74. The minimum Gasteiger partial charge on any atom is -0.494 e. The van der Waals surface area contributed by atoms with Crippen LogP contribution in [0, 0.1) is 17.6 Å². The maximum absolute atomic E-state index is 15.1. The fraction of sp³-hybridized carbons (Fsp3) is 0.312. The van der Waals surface area contributed by atoms with Crippen molar-refractivity contribution in [1.29, 1.82) is 0 Å². The van der Waals surface area contributed by atoms with Crippen LogP contribution in [0.5, 0.6) is 5.75 Å². The van der Waals surface area contributed by atoms with E-state index in [-0.39, 0.29) is 51.7 Å². The van der Waals surface area contributed by atoms with Crippen LogP contribution in [0.2, 0.25) is 0 Å². The number of sulfone groups is 1. The highest BCUT2D eigenvalue weighted by Crippen LogP contribution is 2.45. The molecular weight excluding hydrogens is 654 g/mol. The molecule has 48 heavy (non-hydrogen) atoms. The summed E-state index contributed by atoms with van der Waals surface area (Å²) in [7, 11) is -1.65. The number of carboxylic acid groups (broad SMARTS) is 1. The molecule has 254 valence electrons. The SMILES string of the molecule is COC(=O)Nc1ccc(S(=O)(=O)C2CC2)c(C2C(C(=O)O)CCN2C(=O)C(Nc2cc(C(N)=O)ccc2F)c2ccc(F)c(OC)c2)c1. The molecule has 0 aromatic heterocycles. The topological polar surface area (TPSA) is 194 Å². The molecule has 13 nitrogen and oxygen atoms in total. The lowest BCUT2D eigenvalue weighted by molar-refractivity contribution is -0.143. The summed E-state index contributed by atoms with van der Waals surface area (Å²) in [6.07, 6.45) is -0.168.